The molecule has 1 saturated heterocycles. The summed E-state index contributed by atoms with van der Waals surface area (Å²) in [4.78, 5) is 24.9. The SMILES string of the molecule is COc1cccc(/C=C2\Oc3cc(OCC(=O)NCC4CCOCC4)ccc3C2=O)c1OC. The lowest BCUT2D eigenvalue weighted by Gasteiger charge is -2.22. The van der Waals surface area contributed by atoms with Crippen LogP contribution in [0.4, 0.5) is 0 Å². The molecule has 0 radical (unpaired) electrons. The molecule has 1 amide bonds. The van der Waals surface area contributed by atoms with Gasteiger partial charge in [0.2, 0.25) is 5.78 Å². The minimum absolute atomic E-state index is 0.111. The Morgan fingerprint density at radius 2 is 1.97 bits per heavy atom. The highest BCUT2D eigenvalue weighted by atomic mass is 16.5. The van der Waals surface area contributed by atoms with Crippen molar-refractivity contribution >= 4 is 17.8 Å². The summed E-state index contributed by atoms with van der Waals surface area (Å²) in [7, 11) is 3.09. The highest BCUT2D eigenvalue weighted by molar-refractivity contribution is 6.14. The Morgan fingerprint density at radius 1 is 1.15 bits per heavy atom. The molecular weight excluding hydrogens is 426 g/mol. The monoisotopic (exact) mass is 453 g/mol. The zero-order chi connectivity index (χ0) is 23.2. The van der Waals surface area contributed by atoms with Gasteiger partial charge in [-0.1, -0.05) is 12.1 Å². The van der Waals surface area contributed by atoms with Crippen molar-refractivity contribution in [1.29, 1.82) is 0 Å². The van der Waals surface area contributed by atoms with Crippen LogP contribution in [-0.2, 0) is 9.53 Å². The molecule has 2 heterocycles. The van der Waals surface area contributed by atoms with Gasteiger partial charge in [0.1, 0.15) is 11.5 Å². The molecule has 2 aliphatic rings. The topological polar surface area (TPSA) is 92.3 Å². The van der Waals surface area contributed by atoms with Gasteiger partial charge in [-0.25, -0.2) is 0 Å². The third-order valence-corrected chi connectivity index (χ3v) is 5.66. The van der Waals surface area contributed by atoms with E-state index in [0.717, 1.165) is 26.1 Å². The Balaban J connectivity index is 1.39. The van der Waals surface area contributed by atoms with E-state index >= 15 is 0 Å². The molecule has 174 valence electrons. The third kappa shape index (κ3) is 5.28. The molecule has 0 spiro atoms. The Kier molecular flexibility index (Phi) is 7.14. The van der Waals surface area contributed by atoms with Crippen LogP contribution in [0.1, 0.15) is 28.8 Å². The van der Waals surface area contributed by atoms with E-state index in [2.05, 4.69) is 5.32 Å². The molecule has 0 aliphatic carbocycles. The zero-order valence-electron chi connectivity index (χ0n) is 18.7. The standard InChI is InChI=1S/C25H27NO7/c1-29-20-5-3-4-17(25(20)30-2)12-22-24(28)19-7-6-18(13-21(19)33-22)32-15-23(27)26-14-16-8-10-31-11-9-16/h3-7,12-13,16H,8-11,14-15H2,1-2H3,(H,26,27)/b22-12-. The lowest BCUT2D eigenvalue weighted by molar-refractivity contribution is -0.123. The molecule has 8 nitrogen and oxygen atoms in total. The summed E-state index contributed by atoms with van der Waals surface area (Å²) in [6, 6.07) is 10.3. The molecule has 2 aliphatic heterocycles. The first-order valence-corrected chi connectivity index (χ1v) is 10.9. The number of Topliss-reactive ketones (excluding diaryl/α,β-unsaturated/α-hetero) is 1. The Labute approximate surface area is 192 Å². The van der Waals surface area contributed by atoms with Crippen LogP contribution in [0, 0.1) is 5.92 Å². The minimum atomic E-state index is -0.240. The fourth-order valence-corrected chi connectivity index (χ4v) is 3.83. The average molecular weight is 453 g/mol. The van der Waals surface area contributed by atoms with Crippen molar-refractivity contribution in [1.82, 2.24) is 5.32 Å². The van der Waals surface area contributed by atoms with Crippen LogP contribution >= 0.6 is 0 Å². The largest absolute Gasteiger partial charge is 0.493 e. The fourth-order valence-electron chi connectivity index (χ4n) is 3.83. The number of fused-ring (bicyclic) bond motifs is 1. The van der Waals surface area contributed by atoms with Crippen molar-refractivity contribution in [2.45, 2.75) is 12.8 Å². The number of ether oxygens (including phenoxy) is 5. The molecule has 0 atom stereocenters. The van der Waals surface area contributed by atoms with Gasteiger partial charge in [-0.3, -0.25) is 9.59 Å². The molecule has 0 bridgehead atoms. The van der Waals surface area contributed by atoms with Gasteiger partial charge in [-0.2, -0.15) is 0 Å². The van der Waals surface area contributed by atoms with Gasteiger partial charge in [0, 0.05) is 31.4 Å². The van der Waals surface area contributed by atoms with Gasteiger partial charge in [0.25, 0.3) is 5.91 Å². The van der Waals surface area contributed by atoms with Crippen LogP contribution in [0.5, 0.6) is 23.0 Å². The smallest absolute Gasteiger partial charge is 0.257 e. The van der Waals surface area contributed by atoms with Gasteiger partial charge in [0.15, 0.2) is 23.9 Å². The van der Waals surface area contributed by atoms with Crippen LogP contribution < -0.4 is 24.3 Å². The van der Waals surface area contributed by atoms with Crippen LogP contribution in [0.15, 0.2) is 42.2 Å². The molecule has 0 unspecified atom stereocenters. The van der Waals surface area contributed by atoms with Crippen molar-refractivity contribution in [2.24, 2.45) is 5.92 Å². The predicted octanol–water partition coefficient (Wildman–Crippen LogP) is 3.24. The maximum absolute atomic E-state index is 12.8. The number of methoxy groups -OCH3 is 2. The average Bonchev–Trinajstić information content (AvgIpc) is 3.16. The summed E-state index contributed by atoms with van der Waals surface area (Å²) in [5.74, 6) is 2.08. The molecule has 2 aromatic rings. The third-order valence-electron chi connectivity index (χ3n) is 5.66. The van der Waals surface area contributed by atoms with Gasteiger partial charge >= 0.3 is 0 Å². The molecule has 2 aromatic carbocycles. The van der Waals surface area contributed by atoms with Crippen molar-refractivity contribution in [3.05, 3.63) is 53.3 Å². The van der Waals surface area contributed by atoms with E-state index in [-0.39, 0.29) is 24.1 Å². The highest BCUT2D eigenvalue weighted by Crippen LogP contribution is 2.37. The van der Waals surface area contributed by atoms with Crippen LogP contribution in [0.3, 0.4) is 0 Å². The lowest BCUT2D eigenvalue weighted by atomic mass is 10.0. The lowest BCUT2D eigenvalue weighted by Crippen LogP contribution is -2.35. The van der Waals surface area contributed by atoms with E-state index < -0.39 is 0 Å². The number of para-hydroxylation sites is 1. The summed E-state index contributed by atoms with van der Waals surface area (Å²) in [5.41, 5.74) is 1.09. The van der Waals surface area contributed by atoms with Crippen LogP contribution in [0.25, 0.3) is 6.08 Å². The summed E-state index contributed by atoms with van der Waals surface area (Å²) < 4.78 is 27.5. The second kappa shape index (κ2) is 10.4. The van der Waals surface area contributed by atoms with Gasteiger partial charge < -0.3 is 29.0 Å². The summed E-state index contributed by atoms with van der Waals surface area (Å²) in [6.45, 7) is 1.99. The number of hydrogen-bond acceptors (Lipinski definition) is 7. The molecule has 4 rings (SSSR count). The minimum Gasteiger partial charge on any atom is -0.493 e. The molecule has 33 heavy (non-hydrogen) atoms. The fraction of sp³-hybridized carbons (Fsp3) is 0.360. The van der Waals surface area contributed by atoms with Gasteiger partial charge in [-0.15, -0.1) is 0 Å². The predicted molar refractivity (Wildman–Crippen MR) is 121 cm³/mol. The van der Waals surface area contributed by atoms with E-state index in [9.17, 15) is 9.59 Å². The first-order chi connectivity index (χ1) is 16.1. The summed E-state index contributed by atoms with van der Waals surface area (Å²) in [6.07, 6.45) is 3.53. The van der Waals surface area contributed by atoms with Gasteiger partial charge in [0.05, 0.1) is 19.8 Å². The van der Waals surface area contributed by atoms with E-state index in [0.29, 0.717) is 46.6 Å². The molecule has 8 heteroatoms. The Hall–Kier alpha value is -3.52. The number of amides is 1. The quantitative estimate of drug-likeness (QED) is 0.614. The second-order valence-electron chi connectivity index (χ2n) is 7.83. The molecule has 0 saturated carbocycles. The van der Waals surface area contributed by atoms with Crippen LogP contribution in [-0.4, -0.2) is 52.3 Å². The van der Waals surface area contributed by atoms with E-state index in [4.69, 9.17) is 23.7 Å². The second-order valence-corrected chi connectivity index (χ2v) is 7.83. The zero-order valence-corrected chi connectivity index (χ0v) is 18.7. The van der Waals surface area contributed by atoms with E-state index in [1.54, 1.807) is 43.5 Å². The molecule has 1 N–H and O–H groups in total. The number of allylic oxidation sites excluding steroid dienone is 1. The van der Waals surface area contributed by atoms with Crippen molar-refractivity contribution < 1.29 is 33.3 Å². The van der Waals surface area contributed by atoms with Crippen LogP contribution in [0.2, 0.25) is 0 Å². The number of carbonyl (C=O) groups excluding carboxylic acids is 2. The number of carbonyl (C=O) groups is 2. The van der Waals surface area contributed by atoms with Crippen molar-refractivity contribution in [2.75, 3.05) is 40.6 Å². The summed E-state index contributed by atoms with van der Waals surface area (Å²) >= 11 is 0. The molecule has 0 aromatic heterocycles. The van der Waals surface area contributed by atoms with E-state index in [1.165, 1.54) is 7.11 Å². The number of benzene rings is 2. The first kappa shape index (κ1) is 22.7. The number of hydrogen-bond donors (Lipinski definition) is 1. The van der Waals surface area contributed by atoms with Crippen molar-refractivity contribution in [3.8, 4) is 23.0 Å². The molecule has 1 fully saturated rings. The Bertz CT molecular complexity index is 1060. The molecular formula is C25H27NO7. The number of rotatable bonds is 8. The van der Waals surface area contributed by atoms with Gasteiger partial charge in [-0.05, 0) is 43.0 Å². The Morgan fingerprint density at radius 3 is 2.73 bits per heavy atom. The maximum atomic E-state index is 12.8. The summed E-state index contributed by atoms with van der Waals surface area (Å²) in [5, 5.41) is 2.90. The number of ketones is 1. The van der Waals surface area contributed by atoms with Crippen molar-refractivity contribution in [3.63, 3.8) is 0 Å². The maximum Gasteiger partial charge on any atom is 0.257 e. The number of nitrogens with one attached hydrogen (secondary N) is 1. The normalized spacial score (nSPS) is 16.8. The first-order valence-electron chi connectivity index (χ1n) is 10.9. The highest BCUT2D eigenvalue weighted by Gasteiger charge is 2.28. The van der Waals surface area contributed by atoms with E-state index in [1.807, 2.05) is 6.07 Å².